The molecular formula is C18H19NO4S. The summed E-state index contributed by atoms with van der Waals surface area (Å²) in [6.45, 7) is 0. The summed E-state index contributed by atoms with van der Waals surface area (Å²) in [5, 5.41) is 1.85. The second-order valence-corrected chi connectivity index (χ2v) is 7.10. The first kappa shape index (κ1) is 16.8. The van der Waals surface area contributed by atoms with Gasteiger partial charge in [0.15, 0.2) is 0 Å². The molecule has 1 aromatic carbocycles. The van der Waals surface area contributed by atoms with Crippen molar-refractivity contribution in [1.82, 2.24) is 5.32 Å². The summed E-state index contributed by atoms with van der Waals surface area (Å²) in [6, 6.07) is 6.89. The van der Waals surface area contributed by atoms with Gasteiger partial charge < -0.3 is 4.74 Å². The molecule has 24 heavy (non-hydrogen) atoms. The first-order chi connectivity index (χ1) is 11.6. The maximum atomic E-state index is 11.9. The third-order valence-electron chi connectivity index (χ3n) is 4.28. The van der Waals surface area contributed by atoms with Crippen molar-refractivity contribution >= 4 is 35.0 Å². The molecule has 6 heteroatoms. The van der Waals surface area contributed by atoms with E-state index in [9.17, 15) is 14.4 Å². The van der Waals surface area contributed by atoms with Crippen molar-refractivity contribution < 1.29 is 19.1 Å². The van der Waals surface area contributed by atoms with Crippen LogP contribution in [0, 0.1) is 5.92 Å². The summed E-state index contributed by atoms with van der Waals surface area (Å²) in [5.74, 6) is 0.578. The molecule has 1 N–H and O–H groups in total. The van der Waals surface area contributed by atoms with Gasteiger partial charge in [0.2, 0.25) is 0 Å². The monoisotopic (exact) mass is 345 g/mol. The van der Waals surface area contributed by atoms with E-state index in [1.807, 2.05) is 0 Å². The summed E-state index contributed by atoms with van der Waals surface area (Å²) in [4.78, 5) is 34.9. The zero-order chi connectivity index (χ0) is 16.9. The van der Waals surface area contributed by atoms with E-state index in [1.165, 1.54) is 25.7 Å². The van der Waals surface area contributed by atoms with E-state index in [0.29, 0.717) is 23.0 Å². The number of nitrogens with one attached hydrogen (secondary N) is 1. The number of carbonyl (C=O) groups is 3. The molecule has 1 saturated carbocycles. The van der Waals surface area contributed by atoms with E-state index in [4.69, 9.17) is 4.74 Å². The summed E-state index contributed by atoms with van der Waals surface area (Å²) in [7, 11) is 0. The van der Waals surface area contributed by atoms with Gasteiger partial charge in [0.05, 0.1) is 4.91 Å². The van der Waals surface area contributed by atoms with Gasteiger partial charge >= 0.3 is 5.97 Å². The molecule has 0 aromatic heterocycles. The highest BCUT2D eigenvalue weighted by Crippen LogP contribution is 2.29. The van der Waals surface area contributed by atoms with Gasteiger partial charge in [-0.15, -0.1) is 0 Å². The molecule has 3 rings (SSSR count). The first-order valence-corrected chi connectivity index (χ1v) is 8.97. The number of benzene rings is 1. The summed E-state index contributed by atoms with van der Waals surface area (Å²) >= 11 is 0.878. The number of imide groups is 1. The Balaban J connectivity index is 1.52. The van der Waals surface area contributed by atoms with Crippen LogP contribution < -0.4 is 10.1 Å². The highest BCUT2D eigenvalue weighted by molar-refractivity contribution is 8.18. The molecule has 5 nitrogen and oxygen atoms in total. The van der Waals surface area contributed by atoms with Crippen LogP contribution in [0.15, 0.2) is 29.2 Å². The third kappa shape index (κ3) is 4.47. The van der Waals surface area contributed by atoms with E-state index >= 15 is 0 Å². The lowest BCUT2D eigenvalue weighted by atomic mass is 10.0. The van der Waals surface area contributed by atoms with Gasteiger partial charge in [-0.3, -0.25) is 19.7 Å². The van der Waals surface area contributed by atoms with Crippen molar-refractivity contribution in [3.8, 4) is 5.75 Å². The Kier molecular flexibility index (Phi) is 5.35. The summed E-state index contributed by atoms with van der Waals surface area (Å²) < 4.78 is 5.34. The van der Waals surface area contributed by atoms with Gasteiger partial charge in [0.1, 0.15) is 5.75 Å². The molecule has 2 aliphatic rings. The van der Waals surface area contributed by atoms with Gasteiger partial charge in [-0.25, -0.2) is 0 Å². The van der Waals surface area contributed by atoms with Gasteiger partial charge in [-0.05, 0) is 47.9 Å². The normalized spacial score (nSPS) is 19.8. The van der Waals surface area contributed by atoms with Crippen LogP contribution in [0.1, 0.15) is 44.1 Å². The van der Waals surface area contributed by atoms with Crippen molar-refractivity contribution in [1.29, 1.82) is 0 Å². The predicted molar refractivity (Wildman–Crippen MR) is 92.4 cm³/mol. The number of rotatable bonds is 5. The fourth-order valence-corrected chi connectivity index (χ4v) is 3.69. The van der Waals surface area contributed by atoms with Crippen LogP contribution in [0.25, 0.3) is 6.08 Å². The van der Waals surface area contributed by atoms with Gasteiger partial charge in [-0.2, -0.15) is 0 Å². The van der Waals surface area contributed by atoms with E-state index in [-0.39, 0.29) is 17.1 Å². The maximum absolute atomic E-state index is 11.9. The predicted octanol–water partition coefficient (Wildman–Crippen LogP) is 3.89. The van der Waals surface area contributed by atoms with E-state index in [0.717, 1.165) is 23.7 Å². The molecule has 126 valence electrons. The zero-order valence-electron chi connectivity index (χ0n) is 13.2. The molecule has 0 spiro atoms. The Hall–Kier alpha value is -2.08. The highest BCUT2D eigenvalue weighted by atomic mass is 32.2. The largest absolute Gasteiger partial charge is 0.427 e. The van der Waals surface area contributed by atoms with Gasteiger partial charge in [0.25, 0.3) is 11.1 Å². The Morgan fingerprint density at radius 2 is 1.92 bits per heavy atom. The number of carbonyl (C=O) groups excluding carboxylic acids is 3. The molecule has 1 aliphatic heterocycles. The fourth-order valence-electron chi connectivity index (χ4n) is 3.01. The smallest absolute Gasteiger partial charge is 0.311 e. The van der Waals surface area contributed by atoms with E-state index in [1.54, 1.807) is 30.3 Å². The standard InChI is InChI=1S/C18H19NO4S/c20-16(10-7-12-3-1-2-4-12)23-14-8-5-13(6-9-14)11-15-17(21)19-18(22)24-15/h5-6,8-9,11-12H,1-4,7,10H2,(H,19,21,22)/b15-11-. The molecule has 1 aliphatic carbocycles. The van der Waals surface area contributed by atoms with Crippen molar-refractivity contribution in [2.45, 2.75) is 38.5 Å². The Morgan fingerprint density at radius 1 is 1.21 bits per heavy atom. The summed E-state index contributed by atoms with van der Waals surface area (Å²) in [6.07, 6.45) is 8.00. The topological polar surface area (TPSA) is 72.5 Å². The first-order valence-electron chi connectivity index (χ1n) is 8.16. The summed E-state index contributed by atoms with van der Waals surface area (Å²) in [5.41, 5.74) is 0.771. The lowest BCUT2D eigenvalue weighted by molar-refractivity contribution is -0.134. The lowest BCUT2D eigenvalue weighted by Crippen LogP contribution is -2.17. The zero-order valence-corrected chi connectivity index (χ0v) is 14.1. The van der Waals surface area contributed by atoms with Gasteiger partial charge in [-0.1, -0.05) is 37.8 Å². The Labute approximate surface area is 144 Å². The number of amides is 2. The second kappa shape index (κ2) is 7.66. The van der Waals surface area contributed by atoms with Crippen molar-refractivity contribution in [3.63, 3.8) is 0 Å². The molecular weight excluding hydrogens is 326 g/mol. The minimum atomic E-state index is -0.382. The van der Waals surface area contributed by atoms with Crippen LogP contribution in [0.4, 0.5) is 4.79 Å². The third-order valence-corrected chi connectivity index (χ3v) is 5.09. The molecule has 0 unspecified atom stereocenters. The van der Waals surface area contributed by atoms with Crippen LogP contribution in [-0.4, -0.2) is 17.1 Å². The minimum Gasteiger partial charge on any atom is -0.427 e. The number of esters is 1. The fraction of sp³-hybridized carbons (Fsp3) is 0.389. The Morgan fingerprint density at radius 3 is 2.54 bits per heavy atom. The van der Waals surface area contributed by atoms with Crippen LogP contribution in [0.5, 0.6) is 5.75 Å². The van der Waals surface area contributed by atoms with Crippen molar-refractivity contribution in [3.05, 3.63) is 34.7 Å². The van der Waals surface area contributed by atoms with Crippen molar-refractivity contribution in [2.24, 2.45) is 5.92 Å². The van der Waals surface area contributed by atoms with Crippen LogP contribution >= 0.6 is 11.8 Å². The molecule has 0 atom stereocenters. The van der Waals surface area contributed by atoms with Crippen LogP contribution in [-0.2, 0) is 9.59 Å². The lowest BCUT2D eigenvalue weighted by Gasteiger charge is -2.08. The molecule has 0 bridgehead atoms. The number of hydrogen-bond donors (Lipinski definition) is 1. The molecule has 1 aromatic rings. The van der Waals surface area contributed by atoms with Gasteiger partial charge in [0, 0.05) is 6.42 Å². The number of thioether (sulfide) groups is 1. The van der Waals surface area contributed by atoms with Crippen LogP contribution in [0.2, 0.25) is 0 Å². The second-order valence-electron chi connectivity index (χ2n) is 6.08. The molecule has 2 fully saturated rings. The van der Waals surface area contributed by atoms with E-state index < -0.39 is 0 Å². The van der Waals surface area contributed by atoms with E-state index in [2.05, 4.69) is 5.32 Å². The van der Waals surface area contributed by atoms with Crippen LogP contribution in [0.3, 0.4) is 0 Å². The molecule has 1 saturated heterocycles. The highest BCUT2D eigenvalue weighted by Gasteiger charge is 2.24. The Bertz CT molecular complexity index is 675. The quantitative estimate of drug-likeness (QED) is 0.498. The molecule has 0 radical (unpaired) electrons. The maximum Gasteiger partial charge on any atom is 0.311 e. The number of ether oxygens (including phenoxy) is 1. The molecule has 2 amide bonds. The van der Waals surface area contributed by atoms with Crippen molar-refractivity contribution in [2.75, 3.05) is 0 Å². The molecule has 1 heterocycles. The average Bonchev–Trinajstić information content (AvgIpc) is 3.17. The minimum absolute atomic E-state index is 0.204. The number of hydrogen-bond acceptors (Lipinski definition) is 5. The SMILES string of the molecule is O=C(CCC1CCCC1)Oc1ccc(/C=C2\SC(=O)NC2=O)cc1. The average molecular weight is 345 g/mol.